The Kier molecular flexibility index (Phi) is 16.2. The minimum absolute atomic E-state index is 0.818. The molecule has 134 valence electrons. The van der Waals surface area contributed by atoms with Gasteiger partial charge in [0.25, 0.3) is 0 Å². The Balaban J connectivity index is 3.27. The van der Waals surface area contributed by atoms with Gasteiger partial charge in [-0.05, 0) is 0 Å². The van der Waals surface area contributed by atoms with Crippen LogP contribution in [0.15, 0.2) is 0 Å². The molecule has 0 aromatic carbocycles. The van der Waals surface area contributed by atoms with Gasteiger partial charge in [-0.3, -0.25) is 0 Å². The zero-order chi connectivity index (χ0) is 16.5. The molecule has 0 aromatic rings. The van der Waals surface area contributed by atoms with Crippen LogP contribution in [0, 0.1) is 0 Å². The Bertz CT molecular complexity index is 200. The minimum Gasteiger partial charge on any atom is -0.0678 e. The van der Waals surface area contributed by atoms with E-state index in [2.05, 4.69) is 27.7 Å². The summed E-state index contributed by atoms with van der Waals surface area (Å²) in [7, 11) is -0.818. The summed E-state index contributed by atoms with van der Waals surface area (Å²) >= 11 is 0. The molecule has 0 atom stereocenters. The van der Waals surface area contributed by atoms with Gasteiger partial charge < -0.3 is 0 Å². The molecule has 0 unspecified atom stereocenters. The molecule has 22 heavy (non-hydrogen) atoms. The predicted molar refractivity (Wildman–Crippen MR) is 108 cm³/mol. The van der Waals surface area contributed by atoms with Crippen molar-refractivity contribution >= 4 is 8.07 Å². The molecular weight excluding hydrogens is 280 g/mol. The minimum atomic E-state index is -0.818. The molecule has 0 aliphatic rings. The van der Waals surface area contributed by atoms with Crippen molar-refractivity contribution < 1.29 is 0 Å². The lowest BCUT2D eigenvalue weighted by atomic mass is 10.1. The third-order valence-electron chi connectivity index (χ3n) is 6.06. The zero-order valence-electron chi connectivity index (χ0n) is 16.5. The van der Waals surface area contributed by atoms with Gasteiger partial charge in [0.15, 0.2) is 0 Å². The molecule has 0 rings (SSSR count). The highest BCUT2D eigenvalue weighted by molar-refractivity contribution is 6.79. The maximum atomic E-state index is 2.45. The predicted octanol–water partition coefficient (Wildman–Crippen LogP) is 8.59. The van der Waals surface area contributed by atoms with Crippen LogP contribution < -0.4 is 0 Å². The first-order valence-corrected chi connectivity index (χ1v) is 13.6. The van der Waals surface area contributed by atoms with Gasteiger partial charge in [0.2, 0.25) is 0 Å². The van der Waals surface area contributed by atoms with Crippen molar-refractivity contribution in [2.45, 2.75) is 135 Å². The van der Waals surface area contributed by atoms with Crippen LogP contribution in [0.4, 0.5) is 0 Å². The van der Waals surface area contributed by atoms with E-state index < -0.39 is 8.07 Å². The van der Waals surface area contributed by atoms with E-state index in [1.54, 1.807) is 6.04 Å². The van der Waals surface area contributed by atoms with E-state index in [4.69, 9.17) is 0 Å². The molecule has 0 aliphatic carbocycles. The molecule has 0 heterocycles. The Labute approximate surface area is 143 Å². The largest absolute Gasteiger partial charge is 0.0678 e. The first-order valence-electron chi connectivity index (χ1n) is 10.7. The van der Waals surface area contributed by atoms with E-state index >= 15 is 0 Å². The van der Waals surface area contributed by atoms with Crippen molar-refractivity contribution in [3.8, 4) is 0 Å². The second-order valence-electron chi connectivity index (χ2n) is 7.55. The van der Waals surface area contributed by atoms with Gasteiger partial charge in [-0.2, -0.15) is 0 Å². The third kappa shape index (κ3) is 11.7. The van der Waals surface area contributed by atoms with Gasteiger partial charge in [-0.15, -0.1) is 0 Å². The molecule has 0 nitrogen and oxygen atoms in total. The summed E-state index contributed by atoms with van der Waals surface area (Å²) in [6.45, 7) is 9.64. The monoisotopic (exact) mass is 326 g/mol. The van der Waals surface area contributed by atoms with Crippen molar-refractivity contribution in [3.05, 3.63) is 0 Å². The van der Waals surface area contributed by atoms with E-state index in [0.29, 0.717) is 0 Å². The average molecular weight is 327 g/mol. The van der Waals surface area contributed by atoms with Gasteiger partial charge in [-0.1, -0.05) is 135 Å². The van der Waals surface area contributed by atoms with Crippen molar-refractivity contribution in [2.75, 3.05) is 0 Å². The van der Waals surface area contributed by atoms with Crippen LogP contribution >= 0.6 is 0 Å². The molecule has 0 amide bonds. The van der Waals surface area contributed by atoms with E-state index in [1.807, 2.05) is 0 Å². The molecule has 1 heteroatoms. The lowest BCUT2D eigenvalue weighted by Gasteiger charge is -2.28. The zero-order valence-corrected chi connectivity index (χ0v) is 17.5. The van der Waals surface area contributed by atoms with Gasteiger partial charge in [-0.25, -0.2) is 0 Å². The highest BCUT2D eigenvalue weighted by atomic mass is 28.3. The fourth-order valence-corrected chi connectivity index (χ4v) is 7.36. The second kappa shape index (κ2) is 16.1. The second-order valence-corrected chi connectivity index (χ2v) is 13.2. The summed E-state index contributed by atoms with van der Waals surface area (Å²) in [6.07, 6.45) is 19.2. The van der Waals surface area contributed by atoms with Gasteiger partial charge in [0.1, 0.15) is 0 Å². The fourth-order valence-electron chi connectivity index (χ4n) is 3.80. The molecule has 0 radical (unpaired) electrons. The van der Waals surface area contributed by atoms with Gasteiger partial charge in [0, 0.05) is 0 Å². The third-order valence-corrected chi connectivity index (χ3v) is 12.0. The molecule has 0 bridgehead atoms. The Morgan fingerprint density at radius 1 is 0.409 bits per heavy atom. The molecule has 0 saturated carbocycles. The lowest BCUT2D eigenvalue weighted by Crippen LogP contribution is -2.30. The van der Waals surface area contributed by atoms with Crippen molar-refractivity contribution in [1.82, 2.24) is 0 Å². The summed E-state index contributed by atoms with van der Waals surface area (Å²) in [5.74, 6) is 0. The maximum absolute atomic E-state index is 2.45. The Hall–Kier alpha value is 0.217. The Morgan fingerprint density at radius 2 is 0.727 bits per heavy atom. The van der Waals surface area contributed by atoms with Crippen LogP contribution in [0.1, 0.15) is 111 Å². The number of rotatable bonds is 17. The summed E-state index contributed by atoms with van der Waals surface area (Å²) in [5, 5.41) is 0. The number of hydrogen-bond acceptors (Lipinski definition) is 0. The van der Waals surface area contributed by atoms with Gasteiger partial charge >= 0.3 is 0 Å². The molecule has 0 aromatic heterocycles. The van der Waals surface area contributed by atoms with Crippen LogP contribution in [-0.2, 0) is 0 Å². The fraction of sp³-hybridized carbons (Fsp3) is 1.00. The first-order chi connectivity index (χ1) is 10.7. The van der Waals surface area contributed by atoms with Crippen LogP contribution in [0.25, 0.3) is 0 Å². The topological polar surface area (TPSA) is 0 Å². The highest BCUT2D eigenvalue weighted by Crippen LogP contribution is 2.27. The van der Waals surface area contributed by atoms with Crippen LogP contribution in [-0.4, -0.2) is 8.07 Å². The van der Waals surface area contributed by atoms with E-state index in [1.165, 1.54) is 102 Å². The summed E-state index contributed by atoms with van der Waals surface area (Å²) in [4.78, 5) is 0. The standard InChI is InChI=1S/C21H46Si/c1-5-9-10-11-12-13-14-15-16-17-18-19-20-21-22(6-2,7-3)8-4/h5-21H2,1-4H3. The van der Waals surface area contributed by atoms with E-state index in [-0.39, 0.29) is 0 Å². The molecule has 0 spiro atoms. The van der Waals surface area contributed by atoms with Crippen LogP contribution in [0.2, 0.25) is 24.2 Å². The SMILES string of the molecule is CCCCCCCCCCCCCCC[Si](CC)(CC)CC. The normalized spacial score (nSPS) is 12.0. The van der Waals surface area contributed by atoms with E-state index in [9.17, 15) is 0 Å². The summed E-state index contributed by atoms with van der Waals surface area (Å²) in [6, 6.07) is 6.14. The molecular formula is C21H46Si. The quantitative estimate of drug-likeness (QED) is 0.185. The van der Waals surface area contributed by atoms with Gasteiger partial charge in [0.05, 0.1) is 8.07 Å². The average Bonchev–Trinajstić information content (AvgIpc) is 2.56. The number of unbranched alkanes of at least 4 members (excludes halogenated alkanes) is 12. The smallest absolute Gasteiger partial charge is 0.0527 e. The van der Waals surface area contributed by atoms with Crippen LogP contribution in [0.5, 0.6) is 0 Å². The molecule has 0 fully saturated rings. The molecule has 0 aliphatic heterocycles. The molecule has 0 N–H and O–H groups in total. The molecule has 0 saturated heterocycles. The highest BCUT2D eigenvalue weighted by Gasteiger charge is 2.25. The maximum Gasteiger partial charge on any atom is 0.0527 e. The number of hydrogen-bond donors (Lipinski definition) is 0. The van der Waals surface area contributed by atoms with E-state index in [0.717, 1.165) is 0 Å². The Morgan fingerprint density at radius 3 is 1.05 bits per heavy atom. The van der Waals surface area contributed by atoms with Crippen LogP contribution in [0.3, 0.4) is 0 Å². The van der Waals surface area contributed by atoms with Crippen molar-refractivity contribution in [1.29, 1.82) is 0 Å². The summed E-state index contributed by atoms with van der Waals surface area (Å²) in [5.41, 5.74) is 0. The lowest BCUT2D eigenvalue weighted by molar-refractivity contribution is 0.542. The first kappa shape index (κ1) is 22.2. The summed E-state index contributed by atoms with van der Waals surface area (Å²) < 4.78 is 0. The van der Waals surface area contributed by atoms with Crippen molar-refractivity contribution in [3.63, 3.8) is 0 Å². The van der Waals surface area contributed by atoms with Crippen molar-refractivity contribution in [2.24, 2.45) is 0 Å².